The minimum atomic E-state index is 0.391. The molecule has 1 aromatic rings. The number of anilines is 2. The molecule has 2 heterocycles. The van der Waals surface area contributed by atoms with Crippen molar-refractivity contribution in [3.05, 3.63) is 11.8 Å². The van der Waals surface area contributed by atoms with E-state index in [-0.39, 0.29) is 0 Å². The van der Waals surface area contributed by atoms with Crippen LogP contribution in [0.15, 0.2) is 6.07 Å². The van der Waals surface area contributed by atoms with Crippen molar-refractivity contribution in [2.75, 3.05) is 23.7 Å². The van der Waals surface area contributed by atoms with Gasteiger partial charge in [-0.2, -0.15) is 4.98 Å². The molecule has 1 aliphatic rings. The van der Waals surface area contributed by atoms with Crippen molar-refractivity contribution in [1.29, 1.82) is 0 Å². The molecule has 0 unspecified atom stereocenters. The minimum Gasteiger partial charge on any atom is -0.368 e. The molecule has 1 saturated heterocycles. The van der Waals surface area contributed by atoms with Gasteiger partial charge >= 0.3 is 0 Å². The molecule has 1 fully saturated rings. The van der Waals surface area contributed by atoms with Gasteiger partial charge in [0.05, 0.1) is 5.69 Å². The topological polar surface area (TPSA) is 55.0 Å². The Morgan fingerprint density at radius 2 is 1.94 bits per heavy atom. The van der Waals surface area contributed by atoms with Crippen molar-refractivity contribution < 1.29 is 0 Å². The summed E-state index contributed by atoms with van der Waals surface area (Å²) in [5, 5.41) is 0. The van der Waals surface area contributed by atoms with Crippen molar-refractivity contribution in [3.63, 3.8) is 0 Å². The lowest BCUT2D eigenvalue weighted by Crippen LogP contribution is -2.33. The summed E-state index contributed by atoms with van der Waals surface area (Å²) in [5.41, 5.74) is 6.82. The SMILES string of the molecule is CC1CCN(c2cc(C(C)C)nc(N)n2)CC1. The van der Waals surface area contributed by atoms with Gasteiger partial charge in [-0.15, -0.1) is 0 Å². The summed E-state index contributed by atoms with van der Waals surface area (Å²) in [4.78, 5) is 11.0. The van der Waals surface area contributed by atoms with E-state index in [0.717, 1.165) is 30.5 Å². The van der Waals surface area contributed by atoms with E-state index < -0.39 is 0 Å². The van der Waals surface area contributed by atoms with E-state index in [2.05, 4.69) is 41.7 Å². The molecule has 17 heavy (non-hydrogen) atoms. The maximum Gasteiger partial charge on any atom is 0.222 e. The van der Waals surface area contributed by atoms with Crippen LogP contribution in [0.25, 0.3) is 0 Å². The first-order valence-corrected chi connectivity index (χ1v) is 6.45. The standard InChI is InChI=1S/C13H22N4/c1-9(2)11-8-12(16-13(14)15-11)17-6-4-10(3)5-7-17/h8-10H,4-7H2,1-3H3,(H2,14,15,16). The summed E-state index contributed by atoms with van der Waals surface area (Å²) in [6, 6.07) is 2.08. The third-order valence-corrected chi connectivity index (χ3v) is 3.45. The van der Waals surface area contributed by atoms with Gasteiger partial charge in [0.25, 0.3) is 0 Å². The van der Waals surface area contributed by atoms with Crippen molar-refractivity contribution in [2.24, 2.45) is 5.92 Å². The minimum absolute atomic E-state index is 0.391. The van der Waals surface area contributed by atoms with Crippen LogP contribution in [-0.2, 0) is 0 Å². The molecular formula is C13H22N4. The first-order valence-electron chi connectivity index (χ1n) is 6.45. The second kappa shape index (κ2) is 4.90. The maximum absolute atomic E-state index is 5.78. The highest BCUT2D eigenvalue weighted by Gasteiger charge is 2.18. The summed E-state index contributed by atoms with van der Waals surface area (Å²) < 4.78 is 0. The van der Waals surface area contributed by atoms with Crippen LogP contribution in [0, 0.1) is 5.92 Å². The smallest absolute Gasteiger partial charge is 0.222 e. The molecule has 2 rings (SSSR count). The Bertz CT molecular complexity index is 381. The zero-order valence-electron chi connectivity index (χ0n) is 11.0. The highest BCUT2D eigenvalue weighted by atomic mass is 15.2. The number of rotatable bonds is 2. The molecule has 0 radical (unpaired) electrons. The summed E-state index contributed by atoms with van der Waals surface area (Å²) in [6.45, 7) is 8.73. The van der Waals surface area contributed by atoms with Crippen LogP contribution in [0.1, 0.15) is 45.2 Å². The highest BCUT2D eigenvalue weighted by Crippen LogP contribution is 2.24. The molecule has 2 N–H and O–H groups in total. The highest BCUT2D eigenvalue weighted by molar-refractivity contribution is 5.44. The van der Waals surface area contributed by atoms with Crippen LogP contribution in [0.4, 0.5) is 11.8 Å². The first kappa shape index (κ1) is 12.1. The van der Waals surface area contributed by atoms with Gasteiger partial charge in [-0.3, -0.25) is 0 Å². The Kier molecular flexibility index (Phi) is 3.50. The number of nitrogens with zero attached hydrogens (tertiary/aromatic N) is 3. The molecular weight excluding hydrogens is 212 g/mol. The van der Waals surface area contributed by atoms with Crippen LogP contribution < -0.4 is 10.6 Å². The van der Waals surface area contributed by atoms with Gasteiger partial charge < -0.3 is 10.6 Å². The van der Waals surface area contributed by atoms with E-state index in [9.17, 15) is 0 Å². The fourth-order valence-corrected chi connectivity index (χ4v) is 2.17. The van der Waals surface area contributed by atoms with Gasteiger partial charge in [-0.25, -0.2) is 4.98 Å². The second-order valence-electron chi connectivity index (χ2n) is 5.33. The number of hydrogen-bond acceptors (Lipinski definition) is 4. The molecule has 0 bridgehead atoms. The molecule has 1 aromatic heterocycles. The Labute approximate surface area is 103 Å². The molecule has 0 atom stereocenters. The molecule has 1 aliphatic heterocycles. The largest absolute Gasteiger partial charge is 0.368 e. The summed E-state index contributed by atoms with van der Waals surface area (Å²) in [6.07, 6.45) is 2.47. The molecule has 4 heteroatoms. The number of aromatic nitrogens is 2. The van der Waals surface area contributed by atoms with Crippen LogP contribution in [-0.4, -0.2) is 23.1 Å². The number of nitrogen functional groups attached to an aromatic ring is 1. The van der Waals surface area contributed by atoms with Gasteiger partial charge in [-0.1, -0.05) is 20.8 Å². The van der Waals surface area contributed by atoms with E-state index in [1.54, 1.807) is 0 Å². The lowest BCUT2D eigenvalue weighted by atomic mass is 9.99. The van der Waals surface area contributed by atoms with Crippen molar-refractivity contribution in [1.82, 2.24) is 9.97 Å². The van der Waals surface area contributed by atoms with Gasteiger partial charge in [0.1, 0.15) is 5.82 Å². The predicted molar refractivity (Wildman–Crippen MR) is 71.1 cm³/mol. The fourth-order valence-electron chi connectivity index (χ4n) is 2.17. The van der Waals surface area contributed by atoms with E-state index >= 15 is 0 Å². The summed E-state index contributed by atoms with van der Waals surface area (Å²) in [7, 11) is 0. The lowest BCUT2D eigenvalue weighted by Gasteiger charge is -2.31. The number of nitrogens with two attached hydrogens (primary N) is 1. The molecule has 0 spiro atoms. The average molecular weight is 234 g/mol. The molecule has 0 aromatic carbocycles. The Morgan fingerprint density at radius 3 is 2.53 bits per heavy atom. The van der Waals surface area contributed by atoms with Crippen LogP contribution in [0.3, 0.4) is 0 Å². The van der Waals surface area contributed by atoms with E-state index in [4.69, 9.17) is 5.73 Å². The Balaban J connectivity index is 2.20. The number of hydrogen-bond donors (Lipinski definition) is 1. The number of piperidine rings is 1. The van der Waals surface area contributed by atoms with Crippen LogP contribution in [0.5, 0.6) is 0 Å². The van der Waals surface area contributed by atoms with E-state index in [1.807, 2.05) is 0 Å². The zero-order chi connectivity index (χ0) is 12.4. The monoisotopic (exact) mass is 234 g/mol. The Morgan fingerprint density at radius 1 is 1.29 bits per heavy atom. The first-order chi connectivity index (χ1) is 8.06. The molecule has 94 valence electrons. The second-order valence-corrected chi connectivity index (χ2v) is 5.33. The quantitative estimate of drug-likeness (QED) is 0.853. The van der Waals surface area contributed by atoms with Crippen molar-refractivity contribution in [2.45, 2.75) is 39.5 Å². The zero-order valence-corrected chi connectivity index (χ0v) is 11.0. The normalized spacial score (nSPS) is 17.8. The molecule has 0 saturated carbocycles. The maximum atomic E-state index is 5.78. The van der Waals surface area contributed by atoms with Crippen molar-refractivity contribution >= 4 is 11.8 Å². The average Bonchev–Trinajstić information content (AvgIpc) is 2.29. The van der Waals surface area contributed by atoms with Gasteiger partial charge in [0, 0.05) is 19.2 Å². The lowest BCUT2D eigenvalue weighted by molar-refractivity contribution is 0.436. The van der Waals surface area contributed by atoms with Crippen LogP contribution in [0.2, 0.25) is 0 Å². The van der Waals surface area contributed by atoms with Gasteiger partial charge in [0.2, 0.25) is 5.95 Å². The van der Waals surface area contributed by atoms with E-state index in [0.29, 0.717) is 11.9 Å². The molecule has 0 amide bonds. The summed E-state index contributed by atoms with van der Waals surface area (Å²) in [5.74, 6) is 2.61. The van der Waals surface area contributed by atoms with Crippen molar-refractivity contribution in [3.8, 4) is 0 Å². The Hall–Kier alpha value is -1.32. The third-order valence-electron chi connectivity index (χ3n) is 3.45. The van der Waals surface area contributed by atoms with Gasteiger partial charge in [-0.05, 0) is 24.7 Å². The molecule has 4 nitrogen and oxygen atoms in total. The summed E-state index contributed by atoms with van der Waals surface area (Å²) >= 11 is 0. The third kappa shape index (κ3) is 2.87. The van der Waals surface area contributed by atoms with Gasteiger partial charge in [0.15, 0.2) is 0 Å². The van der Waals surface area contributed by atoms with E-state index in [1.165, 1.54) is 12.8 Å². The van der Waals surface area contributed by atoms with Crippen LogP contribution >= 0.6 is 0 Å². The molecule has 0 aliphatic carbocycles. The predicted octanol–water partition coefficient (Wildman–Crippen LogP) is 2.42. The fraction of sp³-hybridized carbons (Fsp3) is 0.692.